The van der Waals surface area contributed by atoms with Gasteiger partial charge in [-0.05, 0) is 94.5 Å². The maximum Gasteiger partial charge on any atom is 0.270 e. The van der Waals surface area contributed by atoms with Gasteiger partial charge in [-0.25, -0.2) is 4.39 Å². The summed E-state index contributed by atoms with van der Waals surface area (Å²) in [6.07, 6.45) is 1.83. The molecule has 1 aliphatic heterocycles. The highest BCUT2D eigenvalue weighted by Gasteiger charge is 2.33. The number of halogens is 2. The van der Waals surface area contributed by atoms with Crippen LogP contribution in [0.3, 0.4) is 0 Å². The number of thioether (sulfide) groups is 1. The topological polar surface area (TPSA) is 29.5 Å². The van der Waals surface area contributed by atoms with Crippen LogP contribution >= 0.6 is 39.9 Å². The maximum absolute atomic E-state index is 13.0. The molecule has 0 spiro atoms. The molecule has 1 heterocycles. The van der Waals surface area contributed by atoms with Crippen molar-refractivity contribution >= 4 is 61.9 Å². The van der Waals surface area contributed by atoms with E-state index >= 15 is 0 Å². The first-order chi connectivity index (χ1) is 15.3. The van der Waals surface area contributed by atoms with Crippen LogP contribution in [0.25, 0.3) is 6.08 Å². The van der Waals surface area contributed by atoms with E-state index in [0.717, 1.165) is 26.9 Å². The first-order valence-corrected chi connectivity index (χ1v) is 11.9. The zero-order valence-corrected chi connectivity index (χ0v) is 20.6. The van der Waals surface area contributed by atoms with E-state index in [1.54, 1.807) is 17.0 Å². The minimum atomic E-state index is -0.276. The second-order valence-corrected chi connectivity index (χ2v) is 9.92. The first-order valence-electron chi connectivity index (χ1n) is 9.84. The lowest BCUT2D eigenvalue weighted by molar-refractivity contribution is -0.113. The molecule has 3 nitrogen and oxygen atoms in total. The smallest absolute Gasteiger partial charge is 0.270 e. The Balaban J connectivity index is 1.50. The SMILES string of the molecule is Cc1ccc(N2C(=O)/C(=C/c3ccc(OCc4ccc(F)cc4)c(Br)c3)SC2=S)cc1C. The van der Waals surface area contributed by atoms with E-state index in [9.17, 15) is 9.18 Å². The molecule has 0 radical (unpaired) electrons. The number of anilines is 1. The van der Waals surface area contributed by atoms with Crippen molar-refractivity contribution in [1.82, 2.24) is 0 Å². The van der Waals surface area contributed by atoms with Gasteiger partial charge in [0.2, 0.25) is 0 Å². The lowest BCUT2D eigenvalue weighted by Gasteiger charge is -2.15. The van der Waals surface area contributed by atoms with Crippen molar-refractivity contribution in [2.75, 3.05) is 4.90 Å². The summed E-state index contributed by atoms with van der Waals surface area (Å²) in [5.74, 6) is 0.257. The summed E-state index contributed by atoms with van der Waals surface area (Å²) >= 11 is 10.3. The van der Waals surface area contributed by atoms with Crippen molar-refractivity contribution in [3.8, 4) is 5.75 Å². The third-order valence-corrected chi connectivity index (χ3v) is 7.03. The number of rotatable bonds is 5. The van der Waals surface area contributed by atoms with E-state index in [-0.39, 0.29) is 11.7 Å². The van der Waals surface area contributed by atoms with E-state index in [1.165, 1.54) is 29.5 Å². The minimum Gasteiger partial charge on any atom is -0.488 e. The summed E-state index contributed by atoms with van der Waals surface area (Å²) < 4.78 is 20.1. The van der Waals surface area contributed by atoms with Crippen LogP contribution < -0.4 is 9.64 Å². The second-order valence-electron chi connectivity index (χ2n) is 7.39. The average Bonchev–Trinajstić information content (AvgIpc) is 3.03. The average molecular weight is 528 g/mol. The molecule has 3 aromatic rings. The number of nitrogens with zero attached hydrogens (tertiary/aromatic N) is 1. The quantitative estimate of drug-likeness (QED) is 0.259. The van der Waals surface area contributed by atoms with Crippen LogP contribution in [0.5, 0.6) is 5.75 Å². The Kier molecular flexibility index (Phi) is 6.79. The first kappa shape index (κ1) is 22.7. The number of hydrogen-bond acceptors (Lipinski definition) is 4. The molecule has 1 amide bonds. The summed E-state index contributed by atoms with van der Waals surface area (Å²) in [4.78, 5) is 15.2. The largest absolute Gasteiger partial charge is 0.488 e. The Morgan fingerprint density at radius 2 is 1.81 bits per heavy atom. The Hall–Kier alpha value is -2.48. The highest BCUT2D eigenvalue weighted by Crippen LogP contribution is 2.37. The standard InChI is InChI=1S/C25H19BrFNO2S2/c1-15-3-9-20(11-16(15)2)28-24(29)23(32-25(28)31)13-18-6-10-22(21(26)12-18)30-14-17-4-7-19(27)8-5-17/h3-13H,14H2,1-2H3/b23-13-. The van der Waals surface area contributed by atoms with Gasteiger partial charge in [-0.1, -0.05) is 48.2 Å². The van der Waals surface area contributed by atoms with Gasteiger partial charge in [0.15, 0.2) is 4.32 Å². The fourth-order valence-electron chi connectivity index (χ4n) is 3.17. The molecule has 0 unspecified atom stereocenters. The molecule has 0 N–H and O–H groups in total. The molecule has 1 aliphatic rings. The molecule has 0 aliphatic carbocycles. The molecular weight excluding hydrogens is 509 g/mol. The van der Waals surface area contributed by atoms with Crippen LogP contribution in [0, 0.1) is 19.7 Å². The number of aryl methyl sites for hydroxylation is 2. The molecule has 7 heteroatoms. The van der Waals surface area contributed by atoms with E-state index in [0.29, 0.717) is 21.6 Å². The van der Waals surface area contributed by atoms with Gasteiger partial charge in [0.25, 0.3) is 5.91 Å². The molecule has 1 fully saturated rings. The van der Waals surface area contributed by atoms with Crippen molar-refractivity contribution in [1.29, 1.82) is 0 Å². The number of amides is 1. The van der Waals surface area contributed by atoms with Crippen molar-refractivity contribution in [3.63, 3.8) is 0 Å². The number of carbonyl (C=O) groups is 1. The molecule has 0 saturated carbocycles. The predicted molar refractivity (Wildman–Crippen MR) is 136 cm³/mol. The van der Waals surface area contributed by atoms with Gasteiger partial charge in [-0.15, -0.1) is 0 Å². The molecule has 0 atom stereocenters. The van der Waals surface area contributed by atoms with Gasteiger partial charge < -0.3 is 4.74 Å². The molecule has 0 aromatic heterocycles. The van der Waals surface area contributed by atoms with Gasteiger partial charge in [0, 0.05) is 0 Å². The molecular formula is C25H19BrFNO2S2. The number of thiocarbonyl (C=S) groups is 1. The normalized spacial score (nSPS) is 15.0. The molecule has 1 saturated heterocycles. The van der Waals surface area contributed by atoms with Gasteiger partial charge in [-0.2, -0.15) is 0 Å². The van der Waals surface area contributed by atoms with Crippen molar-refractivity contribution in [3.05, 3.63) is 98.1 Å². The Bertz CT molecular complexity index is 1240. The molecule has 32 heavy (non-hydrogen) atoms. The summed E-state index contributed by atoms with van der Waals surface area (Å²) in [6, 6.07) is 17.7. The third kappa shape index (κ3) is 4.95. The number of ether oxygens (including phenoxy) is 1. The monoisotopic (exact) mass is 527 g/mol. The van der Waals surface area contributed by atoms with Crippen LogP contribution in [-0.2, 0) is 11.4 Å². The van der Waals surface area contributed by atoms with Crippen LogP contribution in [-0.4, -0.2) is 10.2 Å². The molecule has 0 bridgehead atoms. The summed E-state index contributed by atoms with van der Waals surface area (Å²) in [5.41, 5.74) is 4.79. The van der Waals surface area contributed by atoms with E-state index < -0.39 is 0 Å². The number of benzene rings is 3. The third-order valence-electron chi connectivity index (χ3n) is 5.10. The van der Waals surface area contributed by atoms with Crippen LogP contribution in [0.4, 0.5) is 10.1 Å². The minimum absolute atomic E-state index is 0.129. The maximum atomic E-state index is 13.0. The highest BCUT2D eigenvalue weighted by molar-refractivity contribution is 9.10. The fourth-order valence-corrected chi connectivity index (χ4v) is 4.98. The van der Waals surface area contributed by atoms with Crippen LogP contribution in [0.2, 0.25) is 0 Å². The Morgan fingerprint density at radius 1 is 1.06 bits per heavy atom. The van der Waals surface area contributed by atoms with Gasteiger partial charge >= 0.3 is 0 Å². The summed E-state index contributed by atoms with van der Waals surface area (Å²) in [6.45, 7) is 4.38. The highest BCUT2D eigenvalue weighted by atomic mass is 79.9. The summed E-state index contributed by atoms with van der Waals surface area (Å²) in [7, 11) is 0. The number of hydrogen-bond donors (Lipinski definition) is 0. The van der Waals surface area contributed by atoms with Crippen LogP contribution in [0.1, 0.15) is 22.3 Å². The lowest BCUT2D eigenvalue weighted by atomic mass is 10.1. The number of carbonyl (C=O) groups excluding carboxylic acids is 1. The Labute approximate surface area is 204 Å². The zero-order valence-electron chi connectivity index (χ0n) is 17.4. The molecule has 3 aromatic carbocycles. The van der Waals surface area contributed by atoms with E-state index in [1.807, 2.05) is 56.3 Å². The molecule has 4 rings (SSSR count). The summed E-state index contributed by atoms with van der Waals surface area (Å²) in [5, 5.41) is 0. The predicted octanol–water partition coefficient (Wildman–Crippen LogP) is 7.19. The van der Waals surface area contributed by atoms with Gasteiger partial charge in [0.05, 0.1) is 15.1 Å². The van der Waals surface area contributed by atoms with Crippen molar-refractivity contribution in [2.24, 2.45) is 0 Å². The van der Waals surface area contributed by atoms with E-state index in [2.05, 4.69) is 15.9 Å². The lowest BCUT2D eigenvalue weighted by Crippen LogP contribution is -2.27. The second kappa shape index (κ2) is 9.57. The van der Waals surface area contributed by atoms with Gasteiger partial charge in [0.1, 0.15) is 18.2 Å². The van der Waals surface area contributed by atoms with Crippen LogP contribution in [0.15, 0.2) is 70.0 Å². The molecule has 162 valence electrons. The zero-order chi connectivity index (χ0) is 22.8. The Morgan fingerprint density at radius 3 is 2.50 bits per heavy atom. The fraction of sp³-hybridized carbons (Fsp3) is 0.120. The van der Waals surface area contributed by atoms with Crippen molar-refractivity contribution in [2.45, 2.75) is 20.5 Å². The van der Waals surface area contributed by atoms with Crippen molar-refractivity contribution < 1.29 is 13.9 Å². The van der Waals surface area contributed by atoms with Gasteiger partial charge in [-0.3, -0.25) is 9.69 Å². The van der Waals surface area contributed by atoms with E-state index in [4.69, 9.17) is 17.0 Å².